The summed E-state index contributed by atoms with van der Waals surface area (Å²) < 4.78 is 0. The van der Waals surface area contributed by atoms with Crippen LogP contribution in [0.2, 0.25) is 0 Å². The number of para-hydroxylation sites is 1. The first-order valence-electron chi connectivity index (χ1n) is 5.59. The van der Waals surface area contributed by atoms with Crippen molar-refractivity contribution >= 4 is 22.3 Å². The number of hydrogen-bond donors (Lipinski definition) is 2. The lowest BCUT2D eigenvalue weighted by Crippen LogP contribution is -1.90. The molecule has 0 unspecified atom stereocenters. The summed E-state index contributed by atoms with van der Waals surface area (Å²) in [5.74, 6) is 0. The van der Waals surface area contributed by atoms with E-state index in [1.54, 1.807) is 0 Å². The van der Waals surface area contributed by atoms with Crippen LogP contribution in [0, 0.1) is 6.92 Å². The Morgan fingerprint density at radius 2 is 2.06 bits per heavy atom. The van der Waals surface area contributed by atoms with Gasteiger partial charge in [-0.25, -0.2) is 0 Å². The molecule has 2 heterocycles. The van der Waals surface area contributed by atoms with E-state index in [-0.39, 0.29) is 0 Å². The third-order valence-electron chi connectivity index (χ3n) is 2.76. The van der Waals surface area contributed by atoms with Gasteiger partial charge in [-0.3, -0.25) is 4.98 Å². The van der Waals surface area contributed by atoms with Gasteiger partial charge in [-0.15, -0.1) is 0 Å². The van der Waals surface area contributed by atoms with Crippen molar-refractivity contribution in [1.82, 2.24) is 9.97 Å². The van der Waals surface area contributed by atoms with Crippen molar-refractivity contribution in [2.24, 2.45) is 0 Å². The zero-order chi connectivity index (χ0) is 11.7. The van der Waals surface area contributed by atoms with Crippen molar-refractivity contribution < 1.29 is 0 Å². The lowest BCUT2D eigenvalue weighted by Gasteiger charge is -2.05. The third-order valence-corrected chi connectivity index (χ3v) is 2.76. The zero-order valence-corrected chi connectivity index (χ0v) is 9.57. The monoisotopic (exact) mass is 223 g/mol. The highest BCUT2D eigenvalue weighted by molar-refractivity contribution is 5.93. The summed E-state index contributed by atoms with van der Waals surface area (Å²) in [5.41, 5.74) is 4.30. The van der Waals surface area contributed by atoms with Gasteiger partial charge < -0.3 is 10.3 Å². The number of rotatable bonds is 2. The molecule has 1 aromatic carbocycles. The highest BCUT2D eigenvalue weighted by atomic mass is 14.9. The van der Waals surface area contributed by atoms with Gasteiger partial charge in [-0.2, -0.15) is 0 Å². The third kappa shape index (κ3) is 1.87. The summed E-state index contributed by atoms with van der Waals surface area (Å²) in [6, 6.07) is 12.2. The van der Waals surface area contributed by atoms with Crippen LogP contribution in [-0.2, 0) is 0 Å². The molecule has 3 rings (SSSR count). The van der Waals surface area contributed by atoms with Crippen LogP contribution in [0.3, 0.4) is 0 Å². The number of nitrogens with zero attached hydrogens (tertiary/aromatic N) is 1. The number of pyridine rings is 1. The molecule has 0 atom stereocenters. The second-order valence-electron chi connectivity index (χ2n) is 4.06. The molecule has 0 spiro atoms. The number of aromatic nitrogens is 2. The average molecular weight is 223 g/mol. The van der Waals surface area contributed by atoms with Crippen molar-refractivity contribution in [2.75, 3.05) is 5.32 Å². The Hall–Kier alpha value is -2.29. The first kappa shape index (κ1) is 9.90. The van der Waals surface area contributed by atoms with Crippen molar-refractivity contribution in [1.29, 1.82) is 0 Å². The van der Waals surface area contributed by atoms with Gasteiger partial charge >= 0.3 is 0 Å². The molecule has 17 heavy (non-hydrogen) atoms. The molecule has 2 aromatic heterocycles. The van der Waals surface area contributed by atoms with Gasteiger partial charge in [0.15, 0.2) is 0 Å². The van der Waals surface area contributed by atoms with Crippen LogP contribution in [0.15, 0.2) is 48.8 Å². The molecular formula is C14H13N3. The molecule has 0 bridgehead atoms. The first-order valence-corrected chi connectivity index (χ1v) is 5.59. The summed E-state index contributed by atoms with van der Waals surface area (Å²) in [6.07, 6.45) is 3.80. The van der Waals surface area contributed by atoms with Crippen molar-refractivity contribution in [3.8, 4) is 0 Å². The molecule has 0 amide bonds. The van der Waals surface area contributed by atoms with E-state index in [0.717, 1.165) is 22.6 Å². The Bertz CT molecular complexity index is 655. The fourth-order valence-corrected chi connectivity index (χ4v) is 1.95. The van der Waals surface area contributed by atoms with Crippen LogP contribution < -0.4 is 5.32 Å². The average Bonchev–Trinajstić information content (AvgIpc) is 2.73. The van der Waals surface area contributed by atoms with E-state index in [2.05, 4.69) is 27.4 Å². The predicted molar refractivity (Wildman–Crippen MR) is 70.6 cm³/mol. The molecule has 3 aromatic rings. The number of anilines is 2. The Balaban J connectivity index is 2.00. The van der Waals surface area contributed by atoms with Gasteiger partial charge in [0.05, 0.1) is 5.69 Å². The van der Waals surface area contributed by atoms with E-state index in [0.29, 0.717) is 0 Å². The number of hydrogen-bond acceptors (Lipinski definition) is 2. The summed E-state index contributed by atoms with van der Waals surface area (Å²) in [5, 5.41) is 4.59. The molecule has 0 radical (unpaired) electrons. The first-order chi connectivity index (χ1) is 8.33. The Morgan fingerprint density at radius 3 is 2.94 bits per heavy atom. The van der Waals surface area contributed by atoms with Crippen LogP contribution >= 0.6 is 0 Å². The van der Waals surface area contributed by atoms with E-state index in [9.17, 15) is 0 Å². The molecular weight excluding hydrogens is 210 g/mol. The molecule has 0 saturated carbocycles. The van der Waals surface area contributed by atoms with Gasteiger partial charge in [0, 0.05) is 34.7 Å². The Labute approximate surface area is 99.5 Å². The lowest BCUT2D eigenvalue weighted by atomic mass is 10.2. The fourth-order valence-electron chi connectivity index (χ4n) is 1.95. The maximum atomic E-state index is 4.18. The summed E-state index contributed by atoms with van der Waals surface area (Å²) in [7, 11) is 0. The molecule has 84 valence electrons. The molecule has 0 aliphatic rings. The van der Waals surface area contributed by atoms with E-state index in [4.69, 9.17) is 0 Å². The minimum Gasteiger partial charge on any atom is -0.359 e. The maximum Gasteiger partial charge on any atom is 0.0641 e. The highest BCUT2D eigenvalue weighted by Crippen LogP contribution is 2.25. The minimum absolute atomic E-state index is 1.01. The van der Waals surface area contributed by atoms with Gasteiger partial charge in [0.25, 0.3) is 0 Å². The van der Waals surface area contributed by atoms with E-state index >= 15 is 0 Å². The van der Waals surface area contributed by atoms with E-state index in [1.165, 1.54) is 5.39 Å². The molecule has 0 saturated heterocycles. The Morgan fingerprint density at radius 1 is 1.18 bits per heavy atom. The summed E-state index contributed by atoms with van der Waals surface area (Å²) >= 11 is 0. The van der Waals surface area contributed by atoms with Crippen LogP contribution in [0.1, 0.15) is 5.69 Å². The van der Waals surface area contributed by atoms with Crippen LogP contribution in [0.5, 0.6) is 0 Å². The second kappa shape index (κ2) is 3.94. The van der Waals surface area contributed by atoms with Crippen LogP contribution in [0.4, 0.5) is 11.4 Å². The highest BCUT2D eigenvalue weighted by Gasteiger charge is 2.02. The number of aromatic amines is 1. The molecule has 2 N–H and O–H groups in total. The van der Waals surface area contributed by atoms with E-state index < -0.39 is 0 Å². The van der Waals surface area contributed by atoms with E-state index in [1.807, 2.05) is 43.6 Å². The number of aryl methyl sites for hydroxylation is 1. The molecule has 0 aliphatic carbocycles. The van der Waals surface area contributed by atoms with Gasteiger partial charge in [0.2, 0.25) is 0 Å². The largest absolute Gasteiger partial charge is 0.359 e. The number of H-pyrrole nitrogens is 1. The SMILES string of the molecule is Cc1cc(Nc2c[nH]c3ccccc23)ccn1. The second-order valence-corrected chi connectivity index (χ2v) is 4.06. The zero-order valence-electron chi connectivity index (χ0n) is 9.57. The quantitative estimate of drug-likeness (QED) is 0.696. The molecule has 0 fully saturated rings. The topological polar surface area (TPSA) is 40.7 Å². The number of benzene rings is 1. The summed E-state index contributed by atoms with van der Waals surface area (Å²) in [4.78, 5) is 7.43. The number of nitrogens with one attached hydrogen (secondary N) is 2. The van der Waals surface area contributed by atoms with Crippen molar-refractivity contribution in [2.45, 2.75) is 6.92 Å². The fraction of sp³-hybridized carbons (Fsp3) is 0.0714. The molecule has 3 heteroatoms. The predicted octanol–water partition coefficient (Wildman–Crippen LogP) is 3.61. The Kier molecular flexibility index (Phi) is 2.29. The lowest BCUT2D eigenvalue weighted by molar-refractivity contribution is 1.20. The normalized spacial score (nSPS) is 10.6. The minimum atomic E-state index is 1.01. The van der Waals surface area contributed by atoms with Crippen LogP contribution in [-0.4, -0.2) is 9.97 Å². The number of fused-ring (bicyclic) bond motifs is 1. The standard InChI is InChI=1S/C14H13N3/c1-10-8-11(6-7-15-10)17-14-9-16-13-5-3-2-4-12(13)14/h2-9,16H,1H3,(H,15,17). The van der Waals surface area contributed by atoms with Gasteiger partial charge in [0.1, 0.15) is 0 Å². The van der Waals surface area contributed by atoms with Crippen molar-refractivity contribution in [3.63, 3.8) is 0 Å². The van der Waals surface area contributed by atoms with Crippen molar-refractivity contribution in [3.05, 3.63) is 54.5 Å². The van der Waals surface area contributed by atoms with Gasteiger partial charge in [-0.1, -0.05) is 18.2 Å². The van der Waals surface area contributed by atoms with Crippen LogP contribution in [0.25, 0.3) is 10.9 Å². The summed E-state index contributed by atoms with van der Waals surface area (Å²) in [6.45, 7) is 1.99. The van der Waals surface area contributed by atoms with Gasteiger partial charge in [-0.05, 0) is 25.1 Å². The maximum absolute atomic E-state index is 4.18. The smallest absolute Gasteiger partial charge is 0.0641 e. The molecule has 0 aliphatic heterocycles. The molecule has 3 nitrogen and oxygen atoms in total.